The van der Waals surface area contributed by atoms with E-state index in [2.05, 4.69) is 5.32 Å². The first-order valence-corrected chi connectivity index (χ1v) is 7.98. The number of anilines is 1. The van der Waals surface area contributed by atoms with Gasteiger partial charge in [0.25, 0.3) is 0 Å². The van der Waals surface area contributed by atoms with Gasteiger partial charge < -0.3 is 20.1 Å². The third kappa shape index (κ3) is 4.52. The molecule has 0 aromatic heterocycles. The predicted octanol–water partition coefficient (Wildman–Crippen LogP) is 2.38. The molecule has 1 aliphatic heterocycles. The van der Waals surface area contributed by atoms with E-state index in [1.807, 2.05) is 4.90 Å². The number of piperidine rings is 1. The number of carbonyl (C=O) groups excluding carboxylic acids is 1. The number of benzene rings is 1. The molecular formula is C16H23ClN2O3. The minimum atomic E-state index is 0.143. The molecular weight excluding hydrogens is 304 g/mol. The van der Waals surface area contributed by atoms with Crippen LogP contribution in [0.3, 0.4) is 0 Å². The van der Waals surface area contributed by atoms with Gasteiger partial charge in [0.05, 0.1) is 12.8 Å². The SMILES string of the molecule is COc1ccc(Cl)cc1NCCC(=O)N1CCC(CO)CC1. The van der Waals surface area contributed by atoms with Crippen LogP contribution in [0.2, 0.25) is 5.02 Å². The molecule has 0 spiro atoms. The number of ether oxygens (including phenoxy) is 1. The zero-order valence-corrected chi connectivity index (χ0v) is 13.6. The summed E-state index contributed by atoms with van der Waals surface area (Å²) in [6, 6.07) is 5.35. The van der Waals surface area contributed by atoms with Crippen molar-refractivity contribution in [2.45, 2.75) is 19.3 Å². The van der Waals surface area contributed by atoms with E-state index in [1.165, 1.54) is 0 Å². The van der Waals surface area contributed by atoms with Crippen molar-refractivity contribution in [3.8, 4) is 5.75 Å². The van der Waals surface area contributed by atoms with Crippen LogP contribution < -0.4 is 10.1 Å². The highest BCUT2D eigenvalue weighted by molar-refractivity contribution is 6.30. The summed E-state index contributed by atoms with van der Waals surface area (Å²) in [4.78, 5) is 14.0. The topological polar surface area (TPSA) is 61.8 Å². The van der Waals surface area contributed by atoms with Gasteiger partial charge in [-0.25, -0.2) is 0 Å². The van der Waals surface area contributed by atoms with E-state index < -0.39 is 0 Å². The first-order chi connectivity index (χ1) is 10.6. The summed E-state index contributed by atoms with van der Waals surface area (Å²) >= 11 is 5.97. The van der Waals surface area contributed by atoms with Crippen molar-refractivity contribution in [2.24, 2.45) is 5.92 Å². The maximum atomic E-state index is 12.2. The molecule has 1 amide bonds. The van der Waals surface area contributed by atoms with E-state index >= 15 is 0 Å². The van der Waals surface area contributed by atoms with Gasteiger partial charge in [0.15, 0.2) is 0 Å². The first kappa shape index (κ1) is 16.9. The second-order valence-corrected chi connectivity index (χ2v) is 5.96. The van der Waals surface area contributed by atoms with Crippen LogP contribution in [0.1, 0.15) is 19.3 Å². The summed E-state index contributed by atoms with van der Waals surface area (Å²) in [5, 5.41) is 12.9. The van der Waals surface area contributed by atoms with Crippen molar-refractivity contribution >= 4 is 23.2 Å². The van der Waals surface area contributed by atoms with Gasteiger partial charge >= 0.3 is 0 Å². The van der Waals surface area contributed by atoms with E-state index in [0.717, 1.165) is 31.6 Å². The minimum Gasteiger partial charge on any atom is -0.495 e. The molecule has 0 atom stereocenters. The molecule has 122 valence electrons. The van der Waals surface area contributed by atoms with Crippen LogP contribution in [-0.2, 0) is 4.79 Å². The molecule has 6 heteroatoms. The average Bonchev–Trinajstić information content (AvgIpc) is 2.55. The second-order valence-electron chi connectivity index (χ2n) is 5.53. The van der Waals surface area contributed by atoms with Gasteiger partial charge in [-0.05, 0) is 37.0 Å². The number of nitrogens with one attached hydrogen (secondary N) is 1. The molecule has 0 aliphatic carbocycles. The highest BCUT2D eigenvalue weighted by Crippen LogP contribution is 2.27. The zero-order chi connectivity index (χ0) is 15.9. The Hall–Kier alpha value is -1.46. The maximum Gasteiger partial charge on any atom is 0.224 e. The largest absolute Gasteiger partial charge is 0.495 e. The number of amides is 1. The monoisotopic (exact) mass is 326 g/mol. The zero-order valence-electron chi connectivity index (χ0n) is 12.8. The smallest absolute Gasteiger partial charge is 0.224 e. The Kier molecular flexibility index (Phi) is 6.34. The van der Waals surface area contributed by atoms with Crippen molar-refractivity contribution in [3.63, 3.8) is 0 Å². The van der Waals surface area contributed by atoms with E-state index in [0.29, 0.717) is 29.7 Å². The van der Waals surface area contributed by atoms with Gasteiger partial charge in [0, 0.05) is 37.7 Å². The average molecular weight is 327 g/mol. The molecule has 1 fully saturated rings. The van der Waals surface area contributed by atoms with E-state index in [4.69, 9.17) is 21.4 Å². The van der Waals surface area contributed by atoms with Crippen LogP contribution in [0.15, 0.2) is 18.2 Å². The predicted molar refractivity (Wildman–Crippen MR) is 87.5 cm³/mol. The lowest BCUT2D eigenvalue weighted by atomic mass is 9.98. The summed E-state index contributed by atoms with van der Waals surface area (Å²) < 4.78 is 5.26. The number of rotatable bonds is 6. The summed E-state index contributed by atoms with van der Waals surface area (Å²) in [6.07, 6.45) is 2.20. The number of carbonyl (C=O) groups is 1. The van der Waals surface area contributed by atoms with Crippen molar-refractivity contribution in [1.82, 2.24) is 4.90 Å². The number of aliphatic hydroxyl groups excluding tert-OH is 1. The lowest BCUT2D eigenvalue weighted by Gasteiger charge is -2.31. The molecule has 0 saturated carbocycles. The van der Waals surface area contributed by atoms with Crippen molar-refractivity contribution in [3.05, 3.63) is 23.2 Å². The molecule has 0 bridgehead atoms. The Bertz CT molecular complexity index is 502. The highest BCUT2D eigenvalue weighted by Gasteiger charge is 2.21. The quantitative estimate of drug-likeness (QED) is 0.842. The molecule has 5 nitrogen and oxygen atoms in total. The number of halogens is 1. The van der Waals surface area contributed by atoms with Crippen LogP contribution >= 0.6 is 11.6 Å². The number of hydrogen-bond donors (Lipinski definition) is 2. The molecule has 2 N–H and O–H groups in total. The first-order valence-electron chi connectivity index (χ1n) is 7.60. The highest BCUT2D eigenvalue weighted by atomic mass is 35.5. The molecule has 1 saturated heterocycles. The summed E-state index contributed by atoms with van der Waals surface area (Å²) in [5.74, 6) is 1.20. The van der Waals surface area contributed by atoms with Gasteiger partial charge in [0.2, 0.25) is 5.91 Å². The number of aliphatic hydroxyl groups is 1. The number of likely N-dealkylation sites (tertiary alicyclic amines) is 1. The van der Waals surface area contributed by atoms with Gasteiger partial charge in [-0.3, -0.25) is 4.79 Å². The lowest BCUT2D eigenvalue weighted by Crippen LogP contribution is -2.39. The van der Waals surface area contributed by atoms with E-state index in [9.17, 15) is 4.79 Å². The number of hydrogen-bond acceptors (Lipinski definition) is 4. The molecule has 0 unspecified atom stereocenters. The molecule has 1 aromatic rings. The van der Waals surface area contributed by atoms with Crippen LogP contribution in [0, 0.1) is 5.92 Å². The maximum absolute atomic E-state index is 12.2. The van der Waals surface area contributed by atoms with Gasteiger partial charge in [0.1, 0.15) is 5.75 Å². The lowest BCUT2D eigenvalue weighted by molar-refractivity contribution is -0.132. The van der Waals surface area contributed by atoms with Crippen LogP contribution in [0.4, 0.5) is 5.69 Å². The normalized spacial score (nSPS) is 15.7. The standard InChI is InChI=1S/C16H23ClN2O3/c1-22-15-3-2-13(17)10-14(15)18-7-4-16(21)19-8-5-12(11-20)6-9-19/h2-3,10,12,18,20H,4-9,11H2,1H3. The minimum absolute atomic E-state index is 0.143. The Morgan fingerprint density at radius 1 is 1.45 bits per heavy atom. The fourth-order valence-electron chi connectivity index (χ4n) is 2.65. The van der Waals surface area contributed by atoms with Gasteiger partial charge in [-0.15, -0.1) is 0 Å². The summed E-state index contributed by atoms with van der Waals surface area (Å²) in [7, 11) is 1.60. The fraction of sp³-hybridized carbons (Fsp3) is 0.562. The van der Waals surface area contributed by atoms with Crippen LogP contribution in [0.5, 0.6) is 5.75 Å². The molecule has 2 rings (SSSR count). The fourth-order valence-corrected chi connectivity index (χ4v) is 2.82. The molecule has 1 aliphatic rings. The van der Waals surface area contributed by atoms with Crippen molar-refractivity contribution in [2.75, 3.05) is 38.7 Å². The molecule has 0 radical (unpaired) electrons. The van der Waals surface area contributed by atoms with E-state index in [-0.39, 0.29) is 12.5 Å². The summed E-state index contributed by atoms with van der Waals surface area (Å²) in [6.45, 7) is 2.24. The van der Waals surface area contributed by atoms with Crippen LogP contribution in [0.25, 0.3) is 0 Å². The number of methoxy groups -OCH3 is 1. The van der Waals surface area contributed by atoms with Gasteiger partial charge in [-0.1, -0.05) is 11.6 Å². The van der Waals surface area contributed by atoms with Gasteiger partial charge in [-0.2, -0.15) is 0 Å². The number of nitrogens with zero attached hydrogens (tertiary/aromatic N) is 1. The summed E-state index contributed by atoms with van der Waals surface area (Å²) in [5.41, 5.74) is 0.793. The Balaban J connectivity index is 1.79. The molecule has 1 aromatic carbocycles. The van der Waals surface area contributed by atoms with E-state index in [1.54, 1.807) is 25.3 Å². The third-order valence-electron chi connectivity index (χ3n) is 4.04. The second kappa shape index (κ2) is 8.25. The molecule has 22 heavy (non-hydrogen) atoms. The van der Waals surface area contributed by atoms with Crippen molar-refractivity contribution in [1.29, 1.82) is 0 Å². The molecule has 1 heterocycles. The Morgan fingerprint density at radius 3 is 2.82 bits per heavy atom. The third-order valence-corrected chi connectivity index (χ3v) is 4.28. The Morgan fingerprint density at radius 2 is 2.18 bits per heavy atom. The van der Waals surface area contributed by atoms with Crippen molar-refractivity contribution < 1.29 is 14.6 Å². The Labute approximate surface area is 136 Å². The van der Waals surface area contributed by atoms with Crippen LogP contribution in [-0.4, -0.2) is 49.3 Å².